The van der Waals surface area contributed by atoms with Crippen molar-refractivity contribution in [1.82, 2.24) is 4.98 Å². The molecule has 5 nitrogen and oxygen atoms in total. The van der Waals surface area contributed by atoms with Crippen LogP contribution in [0.3, 0.4) is 0 Å². The molecule has 2 rings (SSSR count). The van der Waals surface area contributed by atoms with Crippen LogP contribution in [0.25, 0.3) is 0 Å². The second-order valence-corrected chi connectivity index (χ2v) is 5.93. The summed E-state index contributed by atoms with van der Waals surface area (Å²) < 4.78 is 11.8. The average molecular weight is 265 g/mol. The van der Waals surface area contributed by atoms with Crippen molar-refractivity contribution < 1.29 is 14.4 Å². The number of hydrogen-bond acceptors (Lipinski definition) is 4. The summed E-state index contributed by atoms with van der Waals surface area (Å²) in [4.78, 5) is 14.8. The Morgan fingerprint density at radius 1 is 1.26 bits per heavy atom. The van der Waals surface area contributed by atoms with Crippen LogP contribution in [0.2, 0.25) is 0 Å². The third-order valence-electron chi connectivity index (χ3n) is 3.94. The fourth-order valence-electron chi connectivity index (χ4n) is 2.09. The fourth-order valence-corrected chi connectivity index (χ4v) is 2.09. The molecule has 0 radical (unpaired) electrons. The van der Waals surface area contributed by atoms with Gasteiger partial charge in [0, 0.05) is 17.8 Å². The van der Waals surface area contributed by atoms with Gasteiger partial charge >= 0.3 is 7.12 Å². The van der Waals surface area contributed by atoms with E-state index < -0.39 is 24.4 Å². The molecule has 2 heterocycles. The number of hydrogen-bond donors (Lipinski definition) is 2. The van der Waals surface area contributed by atoms with Gasteiger partial charge in [0.2, 0.25) is 0 Å². The third-order valence-corrected chi connectivity index (χ3v) is 3.94. The fraction of sp³-hybridized carbons (Fsp3) is 0.615. The van der Waals surface area contributed by atoms with Crippen LogP contribution in [0, 0.1) is 0 Å². The molecule has 1 aliphatic rings. The van der Waals surface area contributed by atoms with Gasteiger partial charge in [-0.3, -0.25) is 4.79 Å². The first-order valence-electron chi connectivity index (χ1n) is 6.41. The lowest BCUT2D eigenvalue weighted by Crippen LogP contribution is -2.42. The minimum atomic E-state index is -0.876. The molecule has 0 aliphatic carbocycles. The van der Waals surface area contributed by atoms with Crippen molar-refractivity contribution in [1.29, 1.82) is 0 Å². The summed E-state index contributed by atoms with van der Waals surface area (Å²) in [5.74, 6) is 0. The summed E-state index contributed by atoms with van der Waals surface area (Å²) in [5, 5.41) is 9.77. The SMILES string of the molecule is CC(O)c1c(B2OC(C)(C)C(C)(C)O2)[nH]ccc1=O. The van der Waals surface area contributed by atoms with Crippen molar-refractivity contribution in [2.24, 2.45) is 0 Å². The number of nitrogens with one attached hydrogen (secondary N) is 1. The Labute approximate surface area is 113 Å². The minimum Gasteiger partial charge on any atom is -0.398 e. The number of H-pyrrole nitrogens is 1. The molecule has 104 valence electrons. The molecule has 1 aromatic heterocycles. The molecule has 1 fully saturated rings. The van der Waals surface area contributed by atoms with E-state index in [0.29, 0.717) is 11.2 Å². The van der Waals surface area contributed by atoms with Gasteiger partial charge in [-0.1, -0.05) is 0 Å². The lowest BCUT2D eigenvalue weighted by atomic mass is 9.79. The largest absolute Gasteiger partial charge is 0.512 e. The van der Waals surface area contributed by atoms with Crippen molar-refractivity contribution in [3.63, 3.8) is 0 Å². The van der Waals surface area contributed by atoms with Gasteiger partial charge in [0.1, 0.15) is 0 Å². The van der Waals surface area contributed by atoms with Crippen molar-refractivity contribution >= 4 is 12.7 Å². The van der Waals surface area contributed by atoms with E-state index in [-0.39, 0.29) is 5.43 Å². The highest BCUT2D eigenvalue weighted by Gasteiger charge is 2.52. The van der Waals surface area contributed by atoms with Crippen LogP contribution in [0.5, 0.6) is 0 Å². The van der Waals surface area contributed by atoms with Crippen LogP contribution in [0.1, 0.15) is 46.3 Å². The number of aromatic amines is 1. The van der Waals surface area contributed by atoms with Crippen molar-refractivity contribution in [3.05, 3.63) is 28.0 Å². The first-order valence-corrected chi connectivity index (χ1v) is 6.41. The monoisotopic (exact) mass is 265 g/mol. The zero-order valence-corrected chi connectivity index (χ0v) is 12.0. The number of pyridine rings is 1. The molecule has 2 N–H and O–H groups in total. The van der Waals surface area contributed by atoms with Crippen LogP contribution >= 0.6 is 0 Å². The quantitative estimate of drug-likeness (QED) is 0.773. The molecule has 0 amide bonds. The van der Waals surface area contributed by atoms with E-state index in [1.165, 1.54) is 12.3 Å². The molecule has 1 saturated heterocycles. The summed E-state index contributed by atoms with van der Waals surface area (Å²) in [5.41, 5.74) is -0.415. The Morgan fingerprint density at radius 2 is 1.79 bits per heavy atom. The van der Waals surface area contributed by atoms with Gasteiger partial charge < -0.3 is 19.4 Å². The number of aromatic nitrogens is 1. The summed E-state index contributed by atoms with van der Waals surface area (Å²) in [7, 11) is -0.677. The van der Waals surface area contributed by atoms with E-state index in [1.807, 2.05) is 27.7 Å². The molecule has 0 bridgehead atoms. The first kappa shape index (κ1) is 14.3. The van der Waals surface area contributed by atoms with E-state index in [2.05, 4.69) is 4.98 Å². The van der Waals surface area contributed by atoms with Crippen LogP contribution in [-0.2, 0) is 9.31 Å². The third kappa shape index (κ3) is 2.36. The smallest absolute Gasteiger partial charge is 0.398 e. The summed E-state index contributed by atoms with van der Waals surface area (Å²) in [6, 6.07) is 1.39. The van der Waals surface area contributed by atoms with Gasteiger partial charge in [-0.2, -0.15) is 0 Å². The molecule has 1 aromatic rings. The average Bonchev–Trinajstić information content (AvgIpc) is 2.47. The molecule has 0 aromatic carbocycles. The predicted molar refractivity (Wildman–Crippen MR) is 73.4 cm³/mol. The Hall–Kier alpha value is -1.11. The molecule has 6 heteroatoms. The summed E-state index contributed by atoms with van der Waals surface area (Å²) >= 11 is 0. The highest BCUT2D eigenvalue weighted by molar-refractivity contribution is 6.61. The van der Waals surface area contributed by atoms with Crippen LogP contribution in [0.15, 0.2) is 17.1 Å². The lowest BCUT2D eigenvalue weighted by Gasteiger charge is -2.32. The zero-order valence-electron chi connectivity index (χ0n) is 12.0. The van der Waals surface area contributed by atoms with E-state index in [1.54, 1.807) is 6.92 Å². The van der Waals surface area contributed by atoms with Crippen LogP contribution < -0.4 is 11.0 Å². The zero-order chi connectivity index (χ0) is 14.4. The molecule has 1 unspecified atom stereocenters. The highest BCUT2D eigenvalue weighted by Crippen LogP contribution is 2.36. The van der Waals surface area contributed by atoms with E-state index >= 15 is 0 Å². The van der Waals surface area contributed by atoms with Crippen molar-refractivity contribution in [2.45, 2.75) is 51.9 Å². The van der Waals surface area contributed by atoms with E-state index in [9.17, 15) is 9.90 Å². The second-order valence-electron chi connectivity index (χ2n) is 5.93. The summed E-state index contributed by atoms with van der Waals surface area (Å²) in [6.45, 7) is 9.32. The van der Waals surface area contributed by atoms with Crippen LogP contribution in [0.4, 0.5) is 0 Å². The maximum Gasteiger partial charge on any atom is 0.512 e. The summed E-state index contributed by atoms with van der Waals surface area (Å²) in [6.07, 6.45) is 0.660. The molecule has 19 heavy (non-hydrogen) atoms. The van der Waals surface area contributed by atoms with E-state index in [0.717, 1.165) is 0 Å². The van der Waals surface area contributed by atoms with Gasteiger partial charge in [0.05, 0.1) is 22.9 Å². The Morgan fingerprint density at radius 3 is 2.26 bits per heavy atom. The normalized spacial score (nSPS) is 22.5. The second kappa shape index (κ2) is 4.47. The van der Waals surface area contributed by atoms with E-state index in [4.69, 9.17) is 9.31 Å². The topological polar surface area (TPSA) is 71.5 Å². The number of aliphatic hydroxyl groups is 1. The maximum absolute atomic E-state index is 11.9. The van der Waals surface area contributed by atoms with Gasteiger partial charge in [0.25, 0.3) is 0 Å². The van der Waals surface area contributed by atoms with Gasteiger partial charge in [-0.15, -0.1) is 0 Å². The minimum absolute atomic E-state index is 0.224. The number of rotatable bonds is 2. The van der Waals surface area contributed by atoms with Gasteiger partial charge in [0.15, 0.2) is 5.43 Å². The molecule has 0 spiro atoms. The Kier molecular flexibility index (Phi) is 3.37. The molecule has 1 aliphatic heterocycles. The van der Waals surface area contributed by atoms with Crippen LogP contribution in [-0.4, -0.2) is 28.4 Å². The highest BCUT2D eigenvalue weighted by atomic mass is 16.7. The predicted octanol–water partition coefficient (Wildman–Crippen LogP) is 0.727. The Balaban J connectivity index is 2.46. The molecular formula is C13H20BNO4. The van der Waals surface area contributed by atoms with Gasteiger partial charge in [-0.25, -0.2) is 0 Å². The lowest BCUT2D eigenvalue weighted by molar-refractivity contribution is 0.00578. The number of aliphatic hydroxyl groups excluding tert-OH is 1. The Bertz CT molecular complexity index is 520. The maximum atomic E-state index is 11.9. The molecule has 0 saturated carbocycles. The first-order chi connectivity index (χ1) is 8.66. The standard InChI is InChI=1S/C13H20BNO4/c1-8(16)10-9(17)6-7-15-11(10)14-18-12(2,3)13(4,5)19-14/h6-8,16H,1-5H3,(H,15,17). The van der Waals surface area contributed by atoms with Crippen molar-refractivity contribution in [2.75, 3.05) is 0 Å². The molecule has 1 atom stereocenters. The van der Waals surface area contributed by atoms with Gasteiger partial charge in [-0.05, 0) is 34.6 Å². The molecular weight excluding hydrogens is 245 g/mol. The van der Waals surface area contributed by atoms with Crippen molar-refractivity contribution in [3.8, 4) is 0 Å².